The zero-order chi connectivity index (χ0) is 28.4. The molecule has 0 aliphatic heterocycles. The van der Waals surface area contributed by atoms with Gasteiger partial charge in [-0.15, -0.1) is 0 Å². The number of rotatable bonds is 4. The van der Waals surface area contributed by atoms with E-state index in [0.717, 1.165) is 22.0 Å². The van der Waals surface area contributed by atoms with Crippen LogP contribution >= 0.6 is 0 Å². The molecule has 2 heterocycles. The molecule has 3 aromatic rings. The summed E-state index contributed by atoms with van der Waals surface area (Å²) in [7, 11) is -15.5. The molecule has 0 aliphatic rings. The Hall–Kier alpha value is -2.46. The van der Waals surface area contributed by atoms with Crippen LogP contribution in [0.25, 0.3) is 22.0 Å². The largest absolute Gasteiger partial charge is 3.00 e. The molecule has 3 rings (SSSR count). The Balaban J connectivity index is -0.000000601. The molecule has 0 aliphatic carbocycles. The summed E-state index contributed by atoms with van der Waals surface area (Å²) < 4.78 is 104. The average molecular weight is 591 g/mol. The first-order valence-corrected chi connectivity index (χ1v) is 13.1. The topological polar surface area (TPSA) is 292 Å². The van der Waals surface area contributed by atoms with Gasteiger partial charge in [0.05, 0.1) is 11.1 Å². The molecular formula is C17H19B2N3O13S3. The fourth-order valence-corrected chi connectivity index (χ4v) is 2.28. The van der Waals surface area contributed by atoms with Gasteiger partial charge in [0.1, 0.15) is 0 Å². The van der Waals surface area contributed by atoms with Gasteiger partial charge >= 0.3 is 16.8 Å². The quantitative estimate of drug-likeness (QED) is 0.205. The van der Waals surface area contributed by atoms with Crippen LogP contribution in [0.15, 0.2) is 48.9 Å². The molecule has 1 N–H and O–H groups in total. The van der Waals surface area contributed by atoms with E-state index in [1.54, 1.807) is 6.20 Å². The first-order valence-electron chi connectivity index (χ1n) is 9.11. The molecule has 204 valence electrons. The van der Waals surface area contributed by atoms with Crippen LogP contribution in [-0.2, 0) is 37.7 Å². The summed E-state index contributed by atoms with van der Waals surface area (Å²) >= 11 is 0. The predicted molar refractivity (Wildman–Crippen MR) is 127 cm³/mol. The molecule has 0 radical (unpaired) electrons. The molecule has 2 aromatic heterocycles. The summed E-state index contributed by atoms with van der Waals surface area (Å²) in [5, 5.41) is 15.5. The predicted octanol–water partition coefficient (Wildman–Crippen LogP) is -1.52. The van der Waals surface area contributed by atoms with Crippen molar-refractivity contribution in [1.82, 2.24) is 14.8 Å². The van der Waals surface area contributed by atoms with Crippen molar-refractivity contribution < 1.29 is 57.7 Å². The molecule has 0 unspecified atom stereocenters. The van der Waals surface area contributed by atoms with Crippen molar-refractivity contribution in [2.45, 2.75) is 32.4 Å². The molecule has 0 saturated carbocycles. The zero-order valence-corrected chi connectivity index (χ0v) is 22.0. The van der Waals surface area contributed by atoms with Crippen molar-refractivity contribution in [2.24, 2.45) is 0 Å². The van der Waals surface area contributed by atoms with Gasteiger partial charge in [-0.05, 0) is 38.0 Å². The molecular weight excluding hydrogens is 572 g/mol. The second kappa shape index (κ2) is 16.5. The van der Waals surface area contributed by atoms with E-state index in [1.807, 2.05) is 43.1 Å². The molecule has 16 nitrogen and oxygen atoms in total. The van der Waals surface area contributed by atoms with E-state index in [0.29, 0.717) is 13.0 Å². The number of nitrogens with zero attached hydrogens (tertiary/aromatic N) is 3. The summed E-state index contributed by atoms with van der Waals surface area (Å²) in [5.41, 5.74) is 2.50. The van der Waals surface area contributed by atoms with Gasteiger partial charge in [-0.25, -0.2) is 0 Å². The van der Waals surface area contributed by atoms with Crippen LogP contribution in [0.4, 0.5) is 0 Å². The summed E-state index contributed by atoms with van der Waals surface area (Å²) in [4.78, 5) is 4.15. The fraction of sp³-hybridized carbons (Fsp3) is 0.294. The third kappa shape index (κ3) is 26.6. The second-order valence-electron chi connectivity index (χ2n) is 7.19. The first kappa shape index (κ1) is 40.0. The Morgan fingerprint density at radius 3 is 1.71 bits per heavy atom. The van der Waals surface area contributed by atoms with E-state index in [9.17, 15) is 5.11 Å². The van der Waals surface area contributed by atoms with Gasteiger partial charge in [0.2, 0.25) is 0 Å². The number of aliphatic hydroxyl groups is 1. The van der Waals surface area contributed by atoms with Crippen LogP contribution in [0, 0.1) is 0 Å². The van der Waals surface area contributed by atoms with Crippen LogP contribution in [0.5, 0.6) is 0 Å². The van der Waals surface area contributed by atoms with E-state index in [-0.39, 0.29) is 16.8 Å². The van der Waals surface area contributed by atoms with Gasteiger partial charge in [0, 0.05) is 67.3 Å². The Labute approximate surface area is 223 Å². The monoisotopic (exact) mass is 591 g/mol. The SMILES string of the molecule is CC(C)(O)CCn1cc2ccc(-c3cccnc3)cc2n1.O=S(=O)([O-])[O-].O=S(=O)([O-])[O-].O=S(=O)([O-])[O-].[B+3].[B+3]. The van der Waals surface area contributed by atoms with E-state index >= 15 is 0 Å². The third-order valence-electron chi connectivity index (χ3n) is 3.50. The van der Waals surface area contributed by atoms with Gasteiger partial charge in [0.25, 0.3) is 0 Å². The smallest absolute Gasteiger partial charge is 0.759 e. The van der Waals surface area contributed by atoms with Crippen molar-refractivity contribution in [3.63, 3.8) is 0 Å². The second-order valence-corrected chi connectivity index (χ2v) is 9.64. The number of hydrogen-bond donors (Lipinski definition) is 1. The molecule has 38 heavy (non-hydrogen) atoms. The molecule has 0 bridgehead atoms. The van der Waals surface area contributed by atoms with E-state index in [1.165, 1.54) is 0 Å². The van der Waals surface area contributed by atoms with Crippen molar-refractivity contribution in [2.75, 3.05) is 0 Å². The van der Waals surface area contributed by atoms with Crippen molar-refractivity contribution in [3.05, 3.63) is 48.9 Å². The zero-order valence-electron chi connectivity index (χ0n) is 19.6. The number of benzene rings is 1. The Morgan fingerprint density at radius 1 is 0.842 bits per heavy atom. The van der Waals surface area contributed by atoms with Crippen LogP contribution in [0.3, 0.4) is 0 Å². The van der Waals surface area contributed by atoms with Crippen LogP contribution in [0.2, 0.25) is 0 Å². The van der Waals surface area contributed by atoms with E-state index in [2.05, 4.69) is 28.3 Å². The minimum Gasteiger partial charge on any atom is -0.759 e. The van der Waals surface area contributed by atoms with Crippen molar-refractivity contribution in [1.29, 1.82) is 0 Å². The van der Waals surface area contributed by atoms with Gasteiger partial charge in [-0.3, -0.25) is 34.9 Å². The van der Waals surface area contributed by atoms with Gasteiger partial charge in [0.15, 0.2) is 0 Å². The molecule has 0 atom stereocenters. The van der Waals surface area contributed by atoms with Gasteiger partial charge in [-0.1, -0.05) is 18.2 Å². The van der Waals surface area contributed by atoms with Crippen LogP contribution < -0.4 is 0 Å². The number of hydrogen-bond acceptors (Lipinski definition) is 15. The van der Waals surface area contributed by atoms with Crippen molar-refractivity contribution >= 4 is 58.9 Å². The number of aryl methyl sites for hydroxylation is 1. The van der Waals surface area contributed by atoms with Crippen LogP contribution in [0.1, 0.15) is 20.3 Å². The molecule has 0 saturated heterocycles. The maximum Gasteiger partial charge on any atom is 3.00 e. The minimum absolute atomic E-state index is 0. The van der Waals surface area contributed by atoms with Gasteiger partial charge < -0.3 is 32.4 Å². The number of pyridine rings is 1. The molecule has 0 spiro atoms. The number of aromatic nitrogens is 3. The standard InChI is InChI=1S/C17H19N3O.2B.3H2O4S/c1-17(2,21)7-9-20-12-15-6-5-13(10-16(15)19-20)14-4-3-8-18-11-14;;;3*1-5(2,3)4/h3-6,8,10-12,21H,7,9H2,1-2H3;;;3*(H2,1,2,3,4)/q;2*+3;;;/p-6. The van der Waals surface area contributed by atoms with E-state index < -0.39 is 36.8 Å². The molecule has 0 amide bonds. The Kier molecular flexibility index (Phi) is 17.4. The Morgan fingerprint density at radius 2 is 1.32 bits per heavy atom. The normalized spacial score (nSPS) is 11.2. The average Bonchev–Trinajstić information content (AvgIpc) is 3.05. The van der Waals surface area contributed by atoms with Crippen LogP contribution in [-0.4, -0.2) is 94.9 Å². The third-order valence-corrected chi connectivity index (χ3v) is 3.50. The van der Waals surface area contributed by atoms with Gasteiger partial charge in [-0.2, -0.15) is 5.10 Å². The Bertz CT molecular complexity index is 1330. The maximum absolute atomic E-state index is 9.80. The number of fused-ring (bicyclic) bond motifs is 1. The minimum atomic E-state index is -5.17. The summed E-state index contributed by atoms with van der Waals surface area (Å²) in [6, 6.07) is 10.2. The summed E-state index contributed by atoms with van der Waals surface area (Å²) in [6.45, 7) is 4.34. The molecule has 0 fully saturated rings. The first-order chi connectivity index (χ1) is 16.0. The van der Waals surface area contributed by atoms with Crippen molar-refractivity contribution in [3.8, 4) is 11.1 Å². The maximum atomic E-state index is 9.80. The molecule has 21 heteroatoms. The van der Waals surface area contributed by atoms with E-state index in [4.69, 9.17) is 52.6 Å². The summed E-state index contributed by atoms with van der Waals surface area (Å²) in [6.07, 6.45) is 6.32. The summed E-state index contributed by atoms with van der Waals surface area (Å²) in [5.74, 6) is 0. The fourth-order valence-electron chi connectivity index (χ4n) is 2.28. The molecule has 1 aromatic carbocycles.